The largest absolute Gasteiger partial charge is 0.378 e. The summed E-state index contributed by atoms with van der Waals surface area (Å²) >= 11 is 0. The third kappa shape index (κ3) is 2.84. The van der Waals surface area contributed by atoms with Crippen molar-refractivity contribution in [2.24, 2.45) is 0 Å². The fraction of sp³-hybridized carbons (Fsp3) is 0.529. The van der Waals surface area contributed by atoms with Crippen LogP contribution in [0, 0.1) is 0 Å². The summed E-state index contributed by atoms with van der Waals surface area (Å²) in [7, 11) is 0. The molecule has 0 aromatic carbocycles. The Morgan fingerprint density at radius 2 is 1.91 bits per heavy atom. The van der Waals surface area contributed by atoms with E-state index in [4.69, 9.17) is 4.74 Å². The number of morpholine rings is 1. The number of pyridine rings is 1. The van der Waals surface area contributed by atoms with E-state index >= 15 is 0 Å². The molecule has 23 heavy (non-hydrogen) atoms. The molecule has 2 aliphatic heterocycles. The predicted octanol–water partition coefficient (Wildman–Crippen LogP) is 1.40. The maximum Gasteiger partial charge on any atom is 0.274 e. The summed E-state index contributed by atoms with van der Waals surface area (Å²) in [5.41, 5.74) is 2.46. The molecule has 4 heterocycles. The molecule has 1 amide bonds. The van der Waals surface area contributed by atoms with E-state index in [-0.39, 0.29) is 5.91 Å². The average molecular weight is 314 g/mol. The number of nitrogens with zero attached hydrogens (tertiary/aromatic N) is 4. The zero-order chi connectivity index (χ0) is 15.6. The molecule has 2 aromatic heterocycles. The van der Waals surface area contributed by atoms with Crippen molar-refractivity contribution in [2.45, 2.75) is 19.4 Å². The molecule has 6 nitrogen and oxygen atoms in total. The molecule has 4 rings (SSSR count). The van der Waals surface area contributed by atoms with Crippen LogP contribution in [0.15, 0.2) is 24.4 Å². The van der Waals surface area contributed by atoms with Crippen molar-refractivity contribution in [3.05, 3.63) is 35.8 Å². The Kier molecular flexibility index (Phi) is 4.01. The second kappa shape index (κ2) is 6.29. The van der Waals surface area contributed by atoms with Gasteiger partial charge in [-0.15, -0.1) is 0 Å². The van der Waals surface area contributed by atoms with Crippen LogP contribution in [0.4, 0.5) is 0 Å². The topological polar surface area (TPSA) is 50.1 Å². The summed E-state index contributed by atoms with van der Waals surface area (Å²) in [5, 5.41) is 0. The van der Waals surface area contributed by atoms with E-state index in [9.17, 15) is 4.79 Å². The van der Waals surface area contributed by atoms with E-state index in [0.717, 1.165) is 31.0 Å². The van der Waals surface area contributed by atoms with Crippen LogP contribution >= 0.6 is 0 Å². The van der Waals surface area contributed by atoms with Gasteiger partial charge in [0.15, 0.2) is 5.69 Å². The monoisotopic (exact) mass is 314 g/mol. The number of hydrogen-bond donors (Lipinski definition) is 0. The van der Waals surface area contributed by atoms with Crippen LogP contribution in [0.5, 0.6) is 0 Å². The van der Waals surface area contributed by atoms with Crippen LogP contribution in [0.2, 0.25) is 0 Å². The molecule has 2 fully saturated rings. The molecule has 2 saturated heterocycles. The van der Waals surface area contributed by atoms with Crippen molar-refractivity contribution in [1.82, 2.24) is 19.2 Å². The first-order valence-corrected chi connectivity index (χ1v) is 8.38. The molecule has 0 saturated carbocycles. The predicted molar refractivity (Wildman–Crippen MR) is 86.4 cm³/mol. The summed E-state index contributed by atoms with van der Waals surface area (Å²) in [6.45, 7) is 5.51. The van der Waals surface area contributed by atoms with Gasteiger partial charge in [-0.25, -0.2) is 4.98 Å². The third-order valence-corrected chi connectivity index (χ3v) is 4.70. The number of amides is 1. The molecule has 0 spiro atoms. The standard InChI is InChI=1S/C17H22N4O2/c22-17(20-9-11-23-12-10-20)16-14(13-19-6-3-4-7-19)21-8-2-1-5-15(21)18-16/h1-2,5,8H,3-4,6-7,9-13H2. The van der Waals surface area contributed by atoms with Gasteiger partial charge in [-0.1, -0.05) is 6.07 Å². The van der Waals surface area contributed by atoms with Crippen LogP contribution in [0.3, 0.4) is 0 Å². The van der Waals surface area contributed by atoms with Crippen molar-refractivity contribution in [3.8, 4) is 0 Å². The first-order valence-electron chi connectivity index (χ1n) is 8.38. The minimum Gasteiger partial charge on any atom is -0.378 e. The summed E-state index contributed by atoms with van der Waals surface area (Å²) in [6, 6.07) is 5.92. The number of likely N-dealkylation sites (tertiary alicyclic amines) is 1. The van der Waals surface area contributed by atoms with Crippen molar-refractivity contribution in [3.63, 3.8) is 0 Å². The van der Waals surface area contributed by atoms with Crippen molar-refractivity contribution in [1.29, 1.82) is 0 Å². The smallest absolute Gasteiger partial charge is 0.274 e. The van der Waals surface area contributed by atoms with Crippen LogP contribution in [-0.4, -0.2) is 64.5 Å². The van der Waals surface area contributed by atoms with Gasteiger partial charge in [0, 0.05) is 25.8 Å². The van der Waals surface area contributed by atoms with Crippen molar-refractivity contribution in [2.75, 3.05) is 39.4 Å². The second-order valence-corrected chi connectivity index (χ2v) is 6.22. The molecule has 2 aromatic rings. The highest BCUT2D eigenvalue weighted by Gasteiger charge is 2.26. The van der Waals surface area contributed by atoms with Crippen LogP contribution < -0.4 is 0 Å². The average Bonchev–Trinajstić information content (AvgIpc) is 3.24. The van der Waals surface area contributed by atoms with E-state index in [0.29, 0.717) is 32.0 Å². The minimum absolute atomic E-state index is 0.0335. The number of hydrogen-bond acceptors (Lipinski definition) is 4. The molecule has 0 radical (unpaired) electrons. The Balaban J connectivity index is 1.70. The van der Waals surface area contributed by atoms with Gasteiger partial charge in [0.05, 0.1) is 18.9 Å². The van der Waals surface area contributed by atoms with Gasteiger partial charge in [-0.3, -0.25) is 9.69 Å². The van der Waals surface area contributed by atoms with Crippen LogP contribution in [-0.2, 0) is 11.3 Å². The normalized spacial score (nSPS) is 19.6. The van der Waals surface area contributed by atoms with E-state index < -0.39 is 0 Å². The Labute approximate surface area is 135 Å². The Morgan fingerprint density at radius 3 is 2.70 bits per heavy atom. The van der Waals surface area contributed by atoms with Crippen LogP contribution in [0.1, 0.15) is 29.0 Å². The lowest BCUT2D eigenvalue weighted by Gasteiger charge is -2.26. The van der Waals surface area contributed by atoms with Gasteiger partial charge in [0.2, 0.25) is 0 Å². The summed E-state index contributed by atoms with van der Waals surface area (Å²) in [4.78, 5) is 21.8. The third-order valence-electron chi connectivity index (χ3n) is 4.70. The number of ether oxygens (including phenoxy) is 1. The molecule has 2 aliphatic rings. The molecule has 0 bridgehead atoms. The summed E-state index contributed by atoms with van der Waals surface area (Å²) < 4.78 is 7.42. The molecule has 122 valence electrons. The highest BCUT2D eigenvalue weighted by atomic mass is 16.5. The van der Waals surface area contributed by atoms with Crippen molar-refractivity contribution < 1.29 is 9.53 Å². The molecule has 0 aliphatic carbocycles. The first kappa shape index (κ1) is 14.7. The number of fused-ring (bicyclic) bond motifs is 1. The SMILES string of the molecule is O=C(c1nc2ccccn2c1CN1CCCC1)N1CCOCC1. The zero-order valence-corrected chi connectivity index (χ0v) is 13.3. The Hall–Kier alpha value is -1.92. The van der Waals surface area contributed by atoms with Gasteiger partial charge in [-0.2, -0.15) is 0 Å². The van der Waals surface area contributed by atoms with Gasteiger partial charge >= 0.3 is 0 Å². The summed E-state index contributed by atoms with van der Waals surface area (Å²) in [5.74, 6) is 0.0335. The molecular weight excluding hydrogens is 292 g/mol. The van der Waals surface area contributed by atoms with E-state index in [2.05, 4.69) is 14.3 Å². The van der Waals surface area contributed by atoms with Gasteiger partial charge < -0.3 is 14.0 Å². The number of carbonyl (C=O) groups is 1. The zero-order valence-electron chi connectivity index (χ0n) is 13.3. The lowest BCUT2D eigenvalue weighted by atomic mass is 10.2. The van der Waals surface area contributed by atoms with Crippen molar-refractivity contribution >= 4 is 11.6 Å². The second-order valence-electron chi connectivity index (χ2n) is 6.22. The molecule has 0 atom stereocenters. The lowest BCUT2D eigenvalue weighted by Crippen LogP contribution is -2.41. The molecule has 0 N–H and O–H groups in total. The lowest BCUT2D eigenvalue weighted by molar-refractivity contribution is 0.0298. The Morgan fingerprint density at radius 1 is 1.13 bits per heavy atom. The minimum atomic E-state index is 0.0335. The Bertz CT molecular complexity index is 700. The molecule has 6 heteroatoms. The van der Waals surface area contributed by atoms with Gasteiger partial charge in [0.1, 0.15) is 5.65 Å². The molecular formula is C17H22N4O2. The van der Waals surface area contributed by atoms with Gasteiger partial charge in [0.25, 0.3) is 5.91 Å². The maximum absolute atomic E-state index is 12.9. The number of imidazole rings is 1. The van der Waals surface area contributed by atoms with E-state index in [1.807, 2.05) is 29.3 Å². The fourth-order valence-electron chi connectivity index (χ4n) is 3.44. The summed E-state index contributed by atoms with van der Waals surface area (Å²) in [6.07, 6.45) is 4.48. The fourth-order valence-corrected chi connectivity index (χ4v) is 3.44. The van der Waals surface area contributed by atoms with E-state index in [1.165, 1.54) is 12.8 Å². The van der Waals surface area contributed by atoms with E-state index in [1.54, 1.807) is 0 Å². The molecule has 0 unspecified atom stereocenters. The maximum atomic E-state index is 12.9. The quantitative estimate of drug-likeness (QED) is 0.859. The highest BCUT2D eigenvalue weighted by molar-refractivity contribution is 5.94. The number of rotatable bonds is 3. The first-order chi connectivity index (χ1) is 11.3. The van der Waals surface area contributed by atoms with Gasteiger partial charge in [-0.05, 0) is 38.1 Å². The number of aromatic nitrogens is 2. The van der Waals surface area contributed by atoms with Crippen LogP contribution in [0.25, 0.3) is 5.65 Å². The number of carbonyl (C=O) groups excluding carboxylic acids is 1. The highest BCUT2D eigenvalue weighted by Crippen LogP contribution is 2.20.